The first-order valence-electron chi connectivity index (χ1n) is 10.4. The summed E-state index contributed by atoms with van der Waals surface area (Å²) in [7, 11) is 2.17. The van der Waals surface area contributed by atoms with Gasteiger partial charge in [-0.1, -0.05) is 0 Å². The molecular formula is C21H31N5OS. The van der Waals surface area contributed by atoms with Gasteiger partial charge in [0.2, 0.25) is 5.91 Å². The van der Waals surface area contributed by atoms with Crippen molar-refractivity contribution in [3.05, 3.63) is 16.8 Å². The second-order valence-corrected chi connectivity index (χ2v) is 9.62. The number of likely N-dealkylation sites (N-methyl/N-ethyl adjacent to an activating group) is 1. The van der Waals surface area contributed by atoms with E-state index in [4.69, 9.17) is 0 Å². The number of aromatic nitrogens is 2. The number of piperidine rings is 1. The number of anilines is 1. The highest BCUT2D eigenvalue weighted by atomic mass is 32.1. The normalized spacial score (nSPS) is 19.4. The Balaban J connectivity index is 1.34. The van der Waals surface area contributed by atoms with Crippen LogP contribution in [0.15, 0.2) is 6.33 Å². The molecule has 3 heterocycles. The van der Waals surface area contributed by atoms with Crippen molar-refractivity contribution in [2.45, 2.75) is 58.5 Å². The number of thiophene rings is 1. The quantitative estimate of drug-likeness (QED) is 0.806. The summed E-state index contributed by atoms with van der Waals surface area (Å²) in [4.78, 5) is 28.8. The molecule has 1 unspecified atom stereocenters. The average molecular weight is 402 g/mol. The zero-order valence-electron chi connectivity index (χ0n) is 17.4. The molecule has 0 bridgehead atoms. The average Bonchev–Trinajstić information content (AvgIpc) is 3.51. The summed E-state index contributed by atoms with van der Waals surface area (Å²) < 4.78 is 0. The van der Waals surface area contributed by atoms with Gasteiger partial charge in [-0.05, 0) is 59.1 Å². The lowest BCUT2D eigenvalue weighted by Crippen LogP contribution is -2.45. The molecule has 0 radical (unpaired) electrons. The van der Waals surface area contributed by atoms with E-state index in [0.717, 1.165) is 49.2 Å². The molecule has 1 atom stereocenters. The Morgan fingerprint density at radius 1 is 1.29 bits per heavy atom. The molecule has 2 fully saturated rings. The van der Waals surface area contributed by atoms with E-state index in [-0.39, 0.29) is 11.8 Å². The van der Waals surface area contributed by atoms with Gasteiger partial charge in [-0.25, -0.2) is 9.97 Å². The van der Waals surface area contributed by atoms with E-state index in [1.807, 2.05) is 0 Å². The first kappa shape index (κ1) is 19.6. The molecule has 2 aromatic heterocycles. The first-order chi connectivity index (χ1) is 13.5. The Labute approximate surface area is 171 Å². The SMILES string of the molecule is Cc1sc2ncnc(N3CCC(C(=O)NCC(C)N(C)C4CC4)CC3)c2c1C. The summed E-state index contributed by atoms with van der Waals surface area (Å²) in [5.41, 5.74) is 1.28. The van der Waals surface area contributed by atoms with Gasteiger partial charge in [0.15, 0.2) is 0 Å². The van der Waals surface area contributed by atoms with E-state index in [0.29, 0.717) is 6.04 Å². The van der Waals surface area contributed by atoms with Gasteiger partial charge in [-0.2, -0.15) is 0 Å². The number of rotatable bonds is 6. The van der Waals surface area contributed by atoms with Crippen LogP contribution < -0.4 is 10.2 Å². The minimum atomic E-state index is 0.109. The van der Waals surface area contributed by atoms with Crippen LogP contribution in [0.2, 0.25) is 0 Å². The monoisotopic (exact) mass is 401 g/mol. The maximum absolute atomic E-state index is 12.7. The summed E-state index contributed by atoms with van der Waals surface area (Å²) in [5, 5.41) is 4.37. The van der Waals surface area contributed by atoms with E-state index in [1.54, 1.807) is 17.7 Å². The van der Waals surface area contributed by atoms with Crippen LogP contribution in [0.1, 0.15) is 43.0 Å². The highest BCUT2D eigenvalue weighted by molar-refractivity contribution is 7.18. The van der Waals surface area contributed by atoms with Crippen molar-refractivity contribution < 1.29 is 4.79 Å². The van der Waals surface area contributed by atoms with Crippen LogP contribution in [0.3, 0.4) is 0 Å². The molecule has 0 spiro atoms. The summed E-state index contributed by atoms with van der Waals surface area (Å²) in [6.07, 6.45) is 6.03. The van der Waals surface area contributed by atoms with E-state index >= 15 is 0 Å². The van der Waals surface area contributed by atoms with Crippen LogP contribution in [-0.2, 0) is 4.79 Å². The number of carbonyl (C=O) groups is 1. The van der Waals surface area contributed by atoms with Gasteiger partial charge in [-0.3, -0.25) is 9.69 Å². The van der Waals surface area contributed by atoms with Crippen molar-refractivity contribution in [1.29, 1.82) is 0 Å². The predicted molar refractivity (Wildman–Crippen MR) is 115 cm³/mol. The largest absolute Gasteiger partial charge is 0.356 e. The van der Waals surface area contributed by atoms with Gasteiger partial charge in [0.05, 0.1) is 5.39 Å². The fraction of sp³-hybridized carbons (Fsp3) is 0.667. The molecule has 1 N–H and O–H groups in total. The smallest absolute Gasteiger partial charge is 0.223 e. The number of carbonyl (C=O) groups excluding carboxylic acids is 1. The van der Waals surface area contributed by atoms with Crippen LogP contribution in [0, 0.1) is 19.8 Å². The Bertz CT molecular complexity index is 854. The number of amides is 1. The van der Waals surface area contributed by atoms with Gasteiger partial charge >= 0.3 is 0 Å². The van der Waals surface area contributed by atoms with E-state index in [2.05, 4.69) is 52.9 Å². The number of hydrogen-bond donors (Lipinski definition) is 1. The molecule has 152 valence electrons. The molecule has 1 aliphatic heterocycles. The zero-order chi connectivity index (χ0) is 19.8. The highest BCUT2D eigenvalue weighted by Crippen LogP contribution is 2.35. The maximum Gasteiger partial charge on any atom is 0.223 e. The molecule has 0 aromatic carbocycles. The third-order valence-corrected chi connectivity index (χ3v) is 7.62. The predicted octanol–water partition coefficient (Wildman–Crippen LogP) is 3.12. The fourth-order valence-electron chi connectivity index (χ4n) is 4.14. The standard InChI is InChI=1S/C21H31N5OS/c1-13(25(4)17-5-6-17)11-22-20(27)16-7-9-26(10-8-16)19-18-14(2)15(3)28-21(18)24-12-23-19/h12-13,16-17H,5-11H2,1-4H3,(H,22,27). The number of fused-ring (bicyclic) bond motifs is 1. The van der Waals surface area contributed by atoms with Crippen molar-refractivity contribution in [3.8, 4) is 0 Å². The Morgan fingerprint density at radius 2 is 2.00 bits per heavy atom. The lowest BCUT2D eigenvalue weighted by atomic mass is 9.95. The second kappa shape index (κ2) is 7.95. The van der Waals surface area contributed by atoms with Crippen molar-refractivity contribution in [2.24, 2.45) is 5.92 Å². The first-order valence-corrected chi connectivity index (χ1v) is 11.2. The molecular weight excluding hydrogens is 370 g/mol. The number of aryl methyl sites for hydroxylation is 2. The number of nitrogens with one attached hydrogen (secondary N) is 1. The Morgan fingerprint density at radius 3 is 2.68 bits per heavy atom. The molecule has 1 aliphatic carbocycles. The highest BCUT2D eigenvalue weighted by Gasteiger charge is 2.30. The molecule has 6 nitrogen and oxygen atoms in total. The topological polar surface area (TPSA) is 61.4 Å². The van der Waals surface area contributed by atoms with Gasteiger partial charge < -0.3 is 10.2 Å². The summed E-state index contributed by atoms with van der Waals surface area (Å²) in [6, 6.07) is 1.12. The van der Waals surface area contributed by atoms with Gasteiger partial charge in [0, 0.05) is 42.5 Å². The molecule has 1 saturated carbocycles. The van der Waals surface area contributed by atoms with Crippen molar-refractivity contribution in [2.75, 3.05) is 31.6 Å². The van der Waals surface area contributed by atoms with Crippen LogP contribution in [0.4, 0.5) is 5.82 Å². The van der Waals surface area contributed by atoms with Crippen LogP contribution >= 0.6 is 11.3 Å². The van der Waals surface area contributed by atoms with Gasteiger partial charge in [0.1, 0.15) is 17.0 Å². The van der Waals surface area contributed by atoms with E-state index in [9.17, 15) is 4.79 Å². The van der Waals surface area contributed by atoms with Gasteiger partial charge in [0.25, 0.3) is 0 Å². The number of nitrogens with zero attached hydrogens (tertiary/aromatic N) is 4. The summed E-state index contributed by atoms with van der Waals surface area (Å²) >= 11 is 1.73. The van der Waals surface area contributed by atoms with Crippen molar-refractivity contribution in [3.63, 3.8) is 0 Å². The molecule has 1 amide bonds. The maximum atomic E-state index is 12.7. The summed E-state index contributed by atoms with van der Waals surface area (Å²) in [5.74, 6) is 1.36. The molecule has 2 aliphatic rings. The number of hydrogen-bond acceptors (Lipinski definition) is 6. The Hall–Kier alpha value is -1.73. The zero-order valence-corrected chi connectivity index (χ0v) is 18.2. The minimum Gasteiger partial charge on any atom is -0.356 e. The van der Waals surface area contributed by atoms with Crippen molar-refractivity contribution >= 4 is 33.3 Å². The Kier molecular flexibility index (Phi) is 5.56. The molecule has 7 heteroatoms. The molecule has 2 aromatic rings. The molecule has 1 saturated heterocycles. The molecule has 4 rings (SSSR count). The third kappa shape index (κ3) is 3.87. The fourth-order valence-corrected chi connectivity index (χ4v) is 5.13. The van der Waals surface area contributed by atoms with E-state index in [1.165, 1.54) is 28.7 Å². The van der Waals surface area contributed by atoms with E-state index < -0.39 is 0 Å². The van der Waals surface area contributed by atoms with Crippen molar-refractivity contribution in [1.82, 2.24) is 20.2 Å². The van der Waals surface area contributed by atoms with Crippen LogP contribution in [0.5, 0.6) is 0 Å². The lowest BCUT2D eigenvalue weighted by molar-refractivity contribution is -0.125. The van der Waals surface area contributed by atoms with Crippen LogP contribution in [-0.4, -0.2) is 59.5 Å². The lowest BCUT2D eigenvalue weighted by Gasteiger charge is -2.33. The third-order valence-electron chi connectivity index (χ3n) is 6.50. The molecule has 28 heavy (non-hydrogen) atoms. The van der Waals surface area contributed by atoms with Crippen LogP contribution in [0.25, 0.3) is 10.2 Å². The van der Waals surface area contributed by atoms with Gasteiger partial charge in [-0.15, -0.1) is 11.3 Å². The second-order valence-electron chi connectivity index (χ2n) is 8.41. The summed E-state index contributed by atoms with van der Waals surface area (Å²) in [6.45, 7) is 8.98. The minimum absolute atomic E-state index is 0.109.